The zero-order chi connectivity index (χ0) is 23.4. The van der Waals surface area contributed by atoms with Crippen LogP contribution in [0.25, 0.3) is 0 Å². The molecule has 1 fully saturated rings. The number of anilines is 1. The summed E-state index contributed by atoms with van der Waals surface area (Å²) in [6.45, 7) is 2.22. The summed E-state index contributed by atoms with van der Waals surface area (Å²) in [6.07, 6.45) is 2.85. The van der Waals surface area contributed by atoms with Gasteiger partial charge in [-0.25, -0.2) is 8.78 Å². The van der Waals surface area contributed by atoms with Crippen molar-refractivity contribution in [3.63, 3.8) is 0 Å². The van der Waals surface area contributed by atoms with Crippen LogP contribution in [-0.4, -0.2) is 32.7 Å². The quantitative estimate of drug-likeness (QED) is 0.554. The lowest BCUT2D eigenvalue weighted by atomic mass is 9.78. The minimum atomic E-state index is -2.56. The molecule has 1 aromatic carbocycles. The smallest absolute Gasteiger partial charge is 0.249 e. The molecule has 1 aliphatic carbocycles. The van der Waals surface area contributed by atoms with Crippen molar-refractivity contribution < 1.29 is 18.3 Å². The first-order chi connectivity index (χ1) is 15.8. The maximum absolute atomic E-state index is 13.0. The molecule has 2 heterocycles. The summed E-state index contributed by atoms with van der Waals surface area (Å²) in [5, 5.41) is 15.9. The fraction of sp³-hybridized carbons (Fsp3) is 0.333. The van der Waals surface area contributed by atoms with Crippen LogP contribution in [0.1, 0.15) is 36.6 Å². The van der Waals surface area contributed by atoms with E-state index in [2.05, 4.69) is 15.4 Å². The maximum Gasteiger partial charge on any atom is 0.249 e. The predicted octanol–water partition coefficient (Wildman–Crippen LogP) is 4.19. The number of nitriles is 1. The van der Waals surface area contributed by atoms with Gasteiger partial charge in [-0.15, -0.1) is 0 Å². The molecule has 1 N–H and O–H groups in total. The monoisotopic (exact) mass is 451 g/mol. The molecule has 1 atom stereocenters. The average molecular weight is 451 g/mol. The number of alkyl halides is 2. The zero-order valence-corrected chi connectivity index (χ0v) is 18.0. The number of nitrogens with one attached hydrogen (secondary N) is 1. The van der Waals surface area contributed by atoms with Crippen LogP contribution in [0, 0.1) is 17.2 Å². The summed E-state index contributed by atoms with van der Waals surface area (Å²) in [5.41, 5.74) is 2.03. The third-order valence-corrected chi connectivity index (χ3v) is 5.58. The van der Waals surface area contributed by atoms with Gasteiger partial charge in [-0.05, 0) is 36.8 Å². The summed E-state index contributed by atoms with van der Waals surface area (Å²) in [7, 11) is 0. The van der Waals surface area contributed by atoms with Gasteiger partial charge in [-0.3, -0.25) is 14.5 Å². The van der Waals surface area contributed by atoms with Gasteiger partial charge in [0.15, 0.2) is 5.82 Å². The van der Waals surface area contributed by atoms with Crippen molar-refractivity contribution in [2.45, 2.75) is 44.8 Å². The molecule has 1 saturated carbocycles. The Morgan fingerprint density at radius 3 is 2.67 bits per heavy atom. The number of hydrogen-bond acceptors (Lipinski definition) is 5. The van der Waals surface area contributed by atoms with E-state index in [1.807, 2.05) is 6.07 Å². The number of carbonyl (C=O) groups excluding carboxylic acids is 1. The van der Waals surface area contributed by atoms with Gasteiger partial charge in [-0.2, -0.15) is 10.4 Å². The van der Waals surface area contributed by atoms with Crippen LogP contribution in [0.2, 0.25) is 0 Å². The van der Waals surface area contributed by atoms with Gasteiger partial charge in [0.1, 0.15) is 11.8 Å². The van der Waals surface area contributed by atoms with Crippen molar-refractivity contribution in [3.8, 4) is 11.8 Å². The number of ether oxygens (including phenoxy) is 1. The lowest BCUT2D eigenvalue weighted by molar-refractivity contribution is -0.133. The molecule has 4 rings (SSSR count). The molecule has 33 heavy (non-hydrogen) atoms. The first-order valence-corrected chi connectivity index (χ1v) is 10.6. The number of carbonyl (C=O) groups is 1. The molecule has 1 amide bonds. The number of amides is 1. The van der Waals surface area contributed by atoms with E-state index in [1.165, 1.54) is 6.20 Å². The largest absolute Gasteiger partial charge is 0.490 e. The van der Waals surface area contributed by atoms with E-state index < -0.39 is 5.92 Å². The maximum atomic E-state index is 13.0. The van der Waals surface area contributed by atoms with Gasteiger partial charge in [-0.1, -0.05) is 12.1 Å². The van der Waals surface area contributed by atoms with E-state index in [0.29, 0.717) is 23.7 Å². The molecule has 1 aliphatic rings. The molecule has 7 nitrogen and oxygen atoms in total. The van der Waals surface area contributed by atoms with Crippen molar-refractivity contribution >= 4 is 11.7 Å². The van der Waals surface area contributed by atoms with E-state index in [0.717, 1.165) is 11.3 Å². The van der Waals surface area contributed by atoms with E-state index in [1.54, 1.807) is 60.3 Å². The van der Waals surface area contributed by atoms with E-state index >= 15 is 0 Å². The Kier molecular flexibility index (Phi) is 6.36. The van der Waals surface area contributed by atoms with E-state index in [9.17, 15) is 13.6 Å². The van der Waals surface area contributed by atoms with Gasteiger partial charge in [0.05, 0.1) is 30.3 Å². The molecule has 1 unspecified atom stereocenters. The molecule has 0 spiro atoms. The Morgan fingerprint density at radius 2 is 2.03 bits per heavy atom. The normalized spacial score (nSPS) is 15.8. The highest BCUT2D eigenvalue weighted by Crippen LogP contribution is 2.44. The van der Waals surface area contributed by atoms with Gasteiger partial charge in [0, 0.05) is 37.2 Å². The second-order valence-electron chi connectivity index (χ2n) is 8.26. The second-order valence-corrected chi connectivity index (χ2v) is 8.26. The Hall–Kier alpha value is -3.80. The standard InChI is InChI=1S/C24H23F2N5O2/c1-16(19-11-24(25,26)12-19)33-21-6-3-17(4-7-21)10-23(32)29-22-8-9-31(30-22)15-20-5-2-18(13-27)14-28-20/h2-9,14,16,19H,10-12,15H2,1H3,(H,29,30,32). The number of pyridine rings is 1. The van der Waals surface area contributed by atoms with E-state index in [-0.39, 0.29) is 37.2 Å². The van der Waals surface area contributed by atoms with Crippen molar-refractivity contribution in [1.29, 1.82) is 5.26 Å². The van der Waals surface area contributed by atoms with Crippen molar-refractivity contribution in [1.82, 2.24) is 14.8 Å². The topological polar surface area (TPSA) is 92.8 Å². The molecule has 0 saturated heterocycles. The minimum absolute atomic E-state index is 0.133. The van der Waals surface area contributed by atoms with E-state index in [4.69, 9.17) is 10.00 Å². The second kappa shape index (κ2) is 9.36. The molecule has 9 heteroatoms. The van der Waals surface area contributed by atoms with Crippen LogP contribution in [0.4, 0.5) is 14.6 Å². The summed E-state index contributed by atoms with van der Waals surface area (Å²) in [5.74, 6) is -1.89. The van der Waals surface area contributed by atoms with Crippen molar-refractivity contribution in [3.05, 3.63) is 71.7 Å². The van der Waals surface area contributed by atoms with Crippen LogP contribution < -0.4 is 10.1 Å². The molecule has 0 bridgehead atoms. The first-order valence-electron chi connectivity index (χ1n) is 10.6. The Balaban J connectivity index is 1.25. The number of nitrogens with zero attached hydrogens (tertiary/aromatic N) is 4. The van der Waals surface area contributed by atoms with Crippen LogP contribution >= 0.6 is 0 Å². The van der Waals surface area contributed by atoms with Crippen LogP contribution in [-0.2, 0) is 17.8 Å². The summed E-state index contributed by atoms with van der Waals surface area (Å²) in [6, 6.07) is 14.2. The molecular formula is C24H23F2N5O2. The lowest BCUT2D eigenvalue weighted by Gasteiger charge is -2.38. The number of halogens is 2. The summed E-state index contributed by atoms with van der Waals surface area (Å²) >= 11 is 0. The Labute approximate surface area is 190 Å². The molecular weight excluding hydrogens is 428 g/mol. The fourth-order valence-corrected chi connectivity index (χ4v) is 3.68. The summed E-state index contributed by atoms with van der Waals surface area (Å²) < 4.78 is 33.5. The van der Waals surface area contributed by atoms with Crippen LogP contribution in [0.15, 0.2) is 54.9 Å². The predicted molar refractivity (Wildman–Crippen MR) is 117 cm³/mol. The third-order valence-electron chi connectivity index (χ3n) is 5.58. The van der Waals surface area contributed by atoms with Crippen molar-refractivity contribution in [2.24, 2.45) is 5.92 Å². The third kappa shape index (κ3) is 5.92. The Morgan fingerprint density at radius 1 is 1.27 bits per heavy atom. The number of hydrogen-bond donors (Lipinski definition) is 1. The van der Waals surface area contributed by atoms with Crippen LogP contribution in [0.5, 0.6) is 5.75 Å². The molecule has 0 aliphatic heterocycles. The number of benzene rings is 1. The minimum Gasteiger partial charge on any atom is -0.490 e. The molecule has 0 radical (unpaired) electrons. The highest BCUT2D eigenvalue weighted by Gasteiger charge is 2.48. The first kappa shape index (κ1) is 22.4. The van der Waals surface area contributed by atoms with Crippen LogP contribution in [0.3, 0.4) is 0 Å². The Bertz CT molecular complexity index is 1140. The number of rotatable bonds is 8. The fourth-order valence-electron chi connectivity index (χ4n) is 3.68. The SMILES string of the molecule is CC(Oc1ccc(CC(=O)Nc2ccn(Cc3ccc(C#N)cn3)n2)cc1)C1CC(F)(F)C1. The number of aromatic nitrogens is 3. The molecule has 2 aromatic heterocycles. The van der Waals surface area contributed by atoms with Gasteiger partial charge in [0.2, 0.25) is 11.8 Å². The van der Waals surface area contributed by atoms with Gasteiger partial charge < -0.3 is 10.1 Å². The molecule has 3 aromatic rings. The summed E-state index contributed by atoms with van der Waals surface area (Å²) in [4.78, 5) is 16.6. The van der Waals surface area contributed by atoms with Gasteiger partial charge >= 0.3 is 0 Å². The van der Waals surface area contributed by atoms with Gasteiger partial charge in [0.25, 0.3) is 0 Å². The highest BCUT2D eigenvalue weighted by atomic mass is 19.3. The molecule has 170 valence electrons. The average Bonchev–Trinajstić information content (AvgIpc) is 3.20. The van der Waals surface area contributed by atoms with Crippen molar-refractivity contribution in [2.75, 3.05) is 5.32 Å². The lowest BCUT2D eigenvalue weighted by Crippen LogP contribution is -2.43. The zero-order valence-electron chi connectivity index (χ0n) is 18.0. The highest BCUT2D eigenvalue weighted by molar-refractivity contribution is 5.91.